The van der Waals surface area contributed by atoms with Gasteiger partial charge in [-0.2, -0.15) is 0 Å². The smallest absolute Gasteiger partial charge is 0.137 e. The van der Waals surface area contributed by atoms with Crippen LogP contribution in [-0.2, 0) is 22.7 Å². The van der Waals surface area contributed by atoms with Crippen LogP contribution >= 0.6 is 0 Å². The van der Waals surface area contributed by atoms with Gasteiger partial charge in [0.25, 0.3) is 0 Å². The minimum atomic E-state index is -1.19. The number of hydrogen-bond donors (Lipinski definition) is 1. The average molecular weight is 571 g/mol. The third-order valence-electron chi connectivity index (χ3n) is 7.61. The lowest BCUT2D eigenvalue weighted by atomic mass is 9.87. The van der Waals surface area contributed by atoms with E-state index in [1.54, 1.807) is 7.11 Å². The number of fused-ring (bicyclic) bond motifs is 1. The number of carbonyl (C=O) groups excluding carboxylic acids is 1. The van der Waals surface area contributed by atoms with Crippen molar-refractivity contribution in [2.75, 3.05) is 33.4 Å². The first-order valence-corrected chi connectivity index (χ1v) is 14.2. The van der Waals surface area contributed by atoms with E-state index >= 15 is 0 Å². The minimum Gasteiger partial charge on any atom is -0.530 e. The summed E-state index contributed by atoms with van der Waals surface area (Å²) in [7, 11) is 1.65. The molecule has 4 aromatic rings. The molecular weight excluding hydrogens is 534 g/mol. The van der Waals surface area contributed by atoms with E-state index in [0.29, 0.717) is 25.3 Å². The van der Waals surface area contributed by atoms with Gasteiger partial charge in [0.1, 0.15) is 30.3 Å². The molecule has 1 aliphatic heterocycles. The number of rotatable bonds is 12. The molecule has 0 spiro atoms. The zero-order valence-electron chi connectivity index (χ0n) is 23.7. The van der Waals surface area contributed by atoms with Crippen molar-refractivity contribution >= 4 is 16.9 Å². The highest BCUT2D eigenvalue weighted by atomic mass is 16.5. The van der Waals surface area contributed by atoms with Crippen molar-refractivity contribution in [3.63, 3.8) is 0 Å². The van der Waals surface area contributed by atoms with Gasteiger partial charge in [0.2, 0.25) is 0 Å². The highest BCUT2D eigenvalue weighted by Gasteiger charge is 2.31. The Labute approximate surface area is 246 Å². The number of carbonyl (C=O) groups is 1. The first-order valence-electron chi connectivity index (χ1n) is 14.2. The fourth-order valence-corrected chi connectivity index (χ4v) is 5.41. The quantitative estimate of drug-likeness (QED) is 0.267. The number of methoxy groups -OCH3 is 1. The molecule has 1 saturated heterocycles. The predicted molar refractivity (Wildman–Crippen MR) is 157 cm³/mol. The Bertz CT molecular complexity index is 1440. The van der Waals surface area contributed by atoms with Crippen molar-refractivity contribution in [2.45, 2.75) is 37.8 Å². The maximum atomic E-state index is 11.7. The van der Waals surface area contributed by atoms with Gasteiger partial charge in [-0.15, -0.1) is 0 Å². The molecule has 3 atom stereocenters. The molecule has 0 radical (unpaired) electrons. The van der Waals surface area contributed by atoms with Crippen molar-refractivity contribution in [3.8, 4) is 11.5 Å². The zero-order valence-corrected chi connectivity index (χ0v) is 23.7. The highest BCUT2D eigenvalue weighted by Crippen LogP contribution is 2.34. The average Bonchev–Trinajstić information content (AvgIpc) is 3.03. The molecule has 0 saturated carbocycles. The Morgan fingerprint density at radius 1 is 0.952 bits per heavy atom. The van der Waals surface area contributed by atoms with E-state index in [9.17, 15) is 15.0 Å². The molecule has 4 aromatic carbocycles. The number of aliphatic hydroxyl groups is 1. The Hall–Kier alpha value is -4.11. The summed E-state index contributed by atoms with van der Waals surface area (Å²) in [5, 5.41) is 24.0. The van der Waals surface area contributed by atoms with Gasteiger partial charge in [0.05, 0.1) is 33.0 Å². The number of hydrogen-bond acceptors (Lipinski definition) is 7. The summed E-state index contributed by atoms with van der Waals surface area (Å²) in [6, 6.07) is 29.5. The second-order valence-electron chi connectivity index (χ2n) is 10.5. The van der Waals surface area contributed by atoms with E-state index in [0.717, 1.165) is 33.2 Å². The van der Waals surface area contributed by atoms with Crippen LogP contribution in [0.1, 0.15) is 29.0 Å². The second-order valence-corrected chi connectivity index (χ2v) is 10.5. The van der Waals surface area contributed by atoms with E-state index in [1.165, 1.54) is 4.90 Å². The number of nitrogens with zero attached hydrogens (tertiary/aromatic N) is 1. The predicted octanol–water partition coefficient (Wildman–Crippen LogP) is 4.52. The molecule has 0 aromatic heterocycles. The first kappa shape index (κ1) is 29.4. The molecule has 1 aliphatic rings. The lowest BCUT2D eigenvalue weighted by molar-refractivity contribution is -0.268. The van der Waals surface area contributed by atoms with Gasteiger partial charge >= 0.3 is 0 Å². The molecular formula is C34H36NO7-. The molecule has 0 aliphatic carbocycles. The third-order valence-corrected chi connectivity index (χ3v) is 7.61. The van der Waals surface area contributed by atoms with Crippen molar-refractivity contribution in [1.29, 1.82) is 0 Å². The topological polar surface area (TPSA) is 101 Å². The highest BCUT2D eigenvalue weighted by molar-refractivity contribution is 5.89. The number of aliphatic hydroxyl groups excluding tert-OH is 1. The Morgan fingerprint density at radius 2 is 1.71 bits per heavy atom. The van der Waals surface area contributed by atoms with Crippen molar-refractivity contribution in [3.05, 3.63) is 108 Å². The molecule has 8 nitrogen and oxygen atoms in total. The van der Waals surface area contributed by atoms with E-state index in [1.807, 2.05) is 91.0 Å². The summed E-state index contributed by atoms with van der Waals surface area (Å²) in [5.41, 5.74) is 2.98. The van der Waals surface area contributed by atoms with Crippen LogP contribution in [-0.4, -0.2) is 61.7 Å². The molecule has 0 bridgehead atoms. The fourth-order valence-electron chi connectivity index (χ4n) is 5.41. The van der Waals surface area contributed by atoms with Crippen molar-refractivity contribution < 1.29 is 34.0 Å². The van der Waals surface area contributed by atoms with E-state index in [2.05, 4.69) is 0 Å². The van der Waals surface area contributed by atoms with Gasteiger partial charge in [-0.25, -0.2) is 0 Å². The molecule has 42 heavy (non-hydrogen) atoms. The fraction of sp³-hybridized carbons (Fsp3) is 0.324. The van der Waals surface area contributed by atoms with Gasteiger partial charge in [0, 0.05) is 30.0 Å². The Kier molecular flexibility index (Phi) is 9.92. The van der Waals surface area contributed by atoms with Crippen molar-refractivity contribution in [2.24, 2.45) is 0 Å². The van der Waals surface area contributed by atoms with Crippen LogP contribution in [0.15, 0.2) is 91.0 Å². The lowest BCUT2D eigenvalue weighted by Gasteiger charge is -2.40. The van der Waals surface area contributed by atoms with Crippen molar-refractivity contribution in [1.82, 2.24) is 4.90 Å². The Balaban J connectivity index is 1.20. The summed E-state index contributed by atoms with van der Waals surface area (Å²) >= 11 is 0. The summed E-state index contributed by atoms with van der Waals surface area (Å²) < 4.78 is 23.5. The first-order chi connectivity index (χ1) is 20.5. The van der Waals surface area contributed by atoms with Gasteiger partial charge in [0.15, 0.2) is 0 Å². The van der Waals surface area contributed by atoms with Gasteiger partial charge in [-0.05, 0) is 35.1 Å². The zero-order chi connectivity index (χ0) is 29.3. The van der Waals surface area contributed by atoms with E-state index in [-0.39, 0.29) is 38.4 Å². The number of carboxylic acid groups (broad SMARTS) is 1. The normalized spacial score (nSPS) is 17.6. The van der Waals surface area contributed by atoms with Crippen LogP contribution in [0, 0.1) is 0 Å². The van der Waals surface area contributed by atoms with Gasteiger partial charge < -0.3 is 38.9 Å². The largest absolute Gasteiger partial charge is 0.530 e. The maximum Gasteiger partial charge on any atom is 0.137 e. The molecule has 1 amide bonds. The minimum absolute atomic E-state index is 0.0157. The molecule has 5 rings (SSSR count). The molecule has 1 heterocycles. The summed E-state index contributed by atoms with van der Waals surface area (Å²) in [4.78, 5) is 13.0. The number of piperidine rings is 1. The molecule has 8 heteroatoms. The van der Waals surface area contributed by atoms with Crippen LogP contribution in [0.5, 0.6) is 11.5 Å². The van der Waals surface area contributed by atoms with Gasteiger partial charge in [-0.3, -0.25) is 0 Å². The summed E-state index contributed by atoms with van der Waals surface area (Å²) in [6.07, 6.45) is -1.72. The number of amides is 1. The lowest BCUT2D eigenvalue weighted by Crippen LogP contribution is -2.51. The molecule has 220 valence electrons. The van der Waals surface area contributed by atoms with Crippen LogP contribution in [0.3, 0.4) is 0 Å². The summed E-state index contributed by atoms with van der Waals surface area (Å²) in [6.45, 7) is 1.58. The summed E-state index contributed by atoms with van der Waals surface area (Å²) in [5.74, 6) is 1.37. The van der Waals surface area contributed by atoms with Crippen LogP contribution in [0.25, 0.3) is 10.8 Å². The van der Waals surface area contributed by atoms with Crippen LogP contribution < -0.4 is 14.6 Å². The number of benzene rings is 4. The molecule has 3 unspecified atom stereocenters. The third kappa shape index (κ3) is 7.39. The van der Waals surface area contributed by atoms with Gasteiger partial charge in [-0.1, -0.05) is 78.9 Å². The van der Waals surface area contributed by atoms with Crippen LogP contribution in [0.4, 0.5) is 4.79 Å². The Morgan fingerprint density at radius 3 is 2.48 bits per heavy atom. The maximum absolute atomic E-state index is 11.7. The second kappa shape index (κ2) is 14.2. The molecule has 1 fully saturated rings. The number of likely N-dealkylation sites (tertiary alicyclic amines) is 1. The van der Waals surface area contributed by atoms with E-state index in [4.69, 9.17) is 18.9 Å². The SMILES string of the molecule is COc1c(COC2CN(C(=O)[O-])CCC2c2ccc(OCC(O)COCc3ccccc3)cc2)ccc2ccccc12. The standard InChI is InChI=1S/C34H37NO7/c1-39-33-27(12-11-25-9-5-6-10-31(25)33)21-42-32-19-35(34(37)38)18-17-30(32)26-13-15-29(16-14-26)41-23-28(36)22-40-20-24-7-3-2-4-8-24/h2-16,28,30,32,36H,17-23H2,1H3,(H,37,38)/p-1. The molecule has 1 N–H and O–H groups in total. The van der Waals surface area contributed by atoms with Crippen LogP contribution in [0.2, 0.25) is 0 Å². The monoisotopic (exact) mass is 570 g/mol. The number of ether oxygens (including phenoxy) is 4. The van der Waals surface area contributed by atoms with E-state index < -0.39 is 12.2 Å².